The Morgan fingerprint density at radius 2 is 1.45 bits per heavy atom. The van der Waals surface area contributed by atoms with Crippen LogP contribution in [0, 0.1) is 17.8 Å². The first-order valence-corrected chi connectivity index (χ1v) is 7.33. The molecule has 4 heteroatoms. The highest BCUT2D eigenvalue weighted by molar-refractivity contribution is 5.95. The van der Waals surface area contributed by atoms with Crippen molar-refractivity contribution in [2.45, 2.75) is 32.6 Å². The molecule has 4 nitrogen and oxygen atoms in total. The fourth-order valence-corrected chi connectivity index (χ4v) is 3.45. The average molecular weight is 272 g/mol. The Hall–Kier alpha value is -1.84. The summed E-state index contributed by atoms with van der Waals surface area (Å²) >= 11 is 0. The topological polar surface area (TPSA) is 58.2 Å². The van der Waals surface area contributed by atoms with Gasteiger partial charge in [-0.1, -0.05) is 12.8 Å². The Kier molecular flexibility index (Phi) is 3.47. The molecule has 3 rings (SSSR count). The molecule has 2 aliphatic carbocycles. The van der Waals surface area contributed by atoms with Crippen molar-refractivity contribution in [2.24, 2.45) is 17.8 Å². The minimum atomic E-state index is -0.0937. The lowest BCUT2D eigenvalue weighted by Crippen LogP contribution is -2.15. The summed E-state index contributed by atoms with van der Waals surface area (Å²) in [5, 5.41) is 5.70. The van der Waals surface area contributed by atoms with Crippen molar-refractivity contribution in [1.82, 2.24) is 0 Å². The zero-order valence-corrected chi connectivity index (χ0v) is 11.7. The second kappa shape index (κ2) is 5.27. The quantitative estimate of drug-likeness (QED) is 0.888. The molecule has 2 atom stereocenters. The third-order valence-corrected chi connectivity index (χ3v) is 4.43. The van der Waals surface area contributed by atoms with Gasteiger partial charge in [-0.05, 0) is 48.9 Å². The lowest BCUT2D eigenvalue weighted by atomic mass is 10.0. The summed E-state index contributed by atoms with van der Waals surface area (Å²) in [4.78, 5) is 23.2. The van der Waals surface area contributed by atoms with E-state index in [9.17, 15) is 9.59 Å². The van der Waals surface area contributed by atoms with E-state index in [0.717, 1.165) is 11.4 Å². The first-order valence-electron chi connectivity index (χ1n) is 7.33. The summed E-state index contributed by atoms with van der Waals surface area (Å²) in [6, 6.07) is 7.26. The molecule has 1 aromatic carbocycles. The molecule has 0 aromatic heterocycles. The Labute approximate surface area is 118 Å². The number of hydrogen-bond acceptors (Lipinski definition) is 2. The molecule has 2 saturated carbocycles. The molecule has 2 amide bonds. The highest BCUT2D eigenvalue weighted by Crippen LogP contribution is 2.55. The second-order valence-electron chi connectivity index (χ2n) is 5.89. The number of benzene rings is 1. The van der Waals surface area contributed by atoms with Crippen LogP contribution in [0.25, 0.3) is 0 Å². The van der Waals surface area contributed by atoms with Crippen LogP contribution >= 0.6 is 0 Å². The predicted octanol–water partition coefficient (Wildman–Crippen LogP) is 3.02. The van der Waals surface area contributed by atoms with E-state index in [-0.39, 0.29) is 17.7 Å². The van der Waals surface area contributed by atoms with Gasteiger partial charge in [-0.2, -0.15) is 0 Å². The van der Waals surface area contributed by atoms with E-state index in [1.807, 2.05) is 12.1 Å². The van der Waals surface area contributed by atoms with E-state index in [1.54, 1.807) is 12.1 Å². The summed E-state index contributed by atoms with van der Waals surface area (Å²) < 4.78 is 0. The fraction of sp³-hybridized carbons (Fsp3) is 0.500. The molecule has 0 saturated heterocycles. The number of rotatable bonds is 3. The molecule has 20 heavy (non-hydrogen) atoms. The van der Waals surface area contributed by atoms with Crippen LogP contribution in [0.2, 0.25) is 0 Å². The lowest BCUT2D eigenvalue weighted by molar-refractivity contribution is -0.118. The average Bonchev–Trinajstić information content (AvgIpc) is 3.15. The Morgan fingerprint density at radius 3 is 1.95 bits per heavy atom. The molecule has 0 aliphatic heterocycles. The number of fused-ring (bicyclic) bond motifs is 1. The normalized spacial score (nSPS) is 27.4. The summed E-state index contributed by atoms with van der Waals surface area (Å²) in [7, 11) is 0. The van der Waals surface area contributed by atoms with E-state index in [1.165, 1.54) is 32.6 Å². The number of carbonyl (C=O) groups excluding carboxylic acids is 2. The van der Waals surface area contributed by atoms with Crippen LogP contribution in [0.15, 0.2) is 24.3 Å². The fourth-order valence-electron chi connectivity index (χ4n) is 3.45. The third kappa shape index (κ3) is 2.69. The van der Waals surface area contributed by atoms with Crippen molar-refractivity contribution in [3.05, 3.63) is 24.3 Å². The maximum Gasteiger partial charge on any atom is 0.228 e. The maximum absolute atomic E-state index is 12.2. The molecule has 0 bridgehead atoms. The molecule has 0 spiro atoms. The summed E-state index contributed by atoms with van der Waals surface area (Å²) in [5.41, 5.74) is 1.54. The van der Waals surface area contributed by atoms with Gasteiger partial charge in [0.2, 0.25) is 11.8 Å². The zero-order valence-electron chi connectivity index (χ0n) is 11.7. The number of nitrogens with one attached hydrogen (secondary N) is 2. The van der Waals surface area contributed by atoms with Crippen LogP contribution in [0.3, 0.4) is 0 Å². The minimum Gasteiger partial charge on any atom is -0.326 e. The van der Waals surface area contributed by atoms with Gasteiger partial charge in [-0.25, -0.2) is 0 Å². The Bertz CT molecular complexity index is 512. The molecule has 0 heterocycles. The van der Waals surface area contributed by atoms with Crippen LogP contribution in [0.4, 0.5) is 11.4 Å². The molecule has 2 N–H and O–H groups in total. The highest BCUT2D eigenvalue weighted by atomic mass is 16.2. The Balaban J connectivity index is 1.58. The molecule has 2 fully saturated rings. The summed E-state index contributed by atoms with van der Waals surface area (Å²) in [6.07, 6.45) is 4.97. The van der Waals surface area contributed by atoms with Gasteiger partial charge in [0.15, 0.2) is 0 Å². The van der Waals surface area contributed by atoms with Gasteiger partial charge >= 0.3 is 0 Å². The predicted molar refractivity (Wildman–Crippen MR) is 78.3 cm³/mol. The standard InChI is InChI=1S/C16H20N2O2/c1-10(19)17-11-6-8-12(9-7-11)18-16(20)15-13-4-2-3-5-14(13)15/h6-9,13-15H,2-5H2,1H3,(H,17,19)(H,18,20)/t13-,14-/m0/s1. The van der Waals surface area contributed by atoms with Crippen LogP contribution in [0.1, 0.15) is 32.6 Å². The molecule has 2 aliphatic rings. The molecular formula is C16H20N2O2. The van der Waals surface area contributed by atoms with Crippen LogP contribution < -0.4 is 10.6 Å². The molecule has 106 valence electrons. The first kappa shape index (κ1) is 13.2. The van der Waals surface area contributed by atoms with E-state index in [0.29, 0.717) is 11.8 Å². The van der Waals surface area contributed by atoms with E-state index >= 15 is 0 Å². The minimum absolute atomic E-state index is 0.0937. The molecular weight excluding hydrogens is 252 g/mol. The van der Waals surface area contributed by atoms with Gasteiger partial charge in [0.05, 0.1) is 0 Å². The van der Waals surface area contributed by atoms with Crippen molar-refractivity contribution in [2.75, 3.05) is 10.6 Å². The maximum atomic E-state index is 12.2. The van der Waals surface area contributed by atoms with Crippen molar-refractivity contribution in [3.63, 3.8) is 0 Å². The monoisotopic (exact) mass is 272 g/mol. The van der Waals surface area contributed by atoms with Gasteiger partial charge in [0.25, 0.3) is 0 Å². The van der Waals surface area contributed by atoms with Gasteiger partial charge in [0, 0.05) is 24.2 Å². The van der Waals surface area contributed by atoms with Crippen LogP contribution in [0.5, 0.6) is 0 Å². The lowest BCUT2D eigenvalue weighted by Gasteiger charge is -2.06. The number of amides is 2. The Morgan fingerprint density at radius 1 is 0.950 bits per heavy atom. The molecule has 0 unspecified atom stereocenters. The SMILES string of the molecule is CC(=O)Nc1ccc(NC(=O)C2[C@H]3CCCC[C@H]23)cc1. The molecule has 1 aromatic rings. The van der Waals surface area contributed by atoms with E-state index in [4.69, 9.17) is 0 Å². The highest BCUT2D eigenvalue weighted by Gasteiger charge is 2.54. The summed E-state index contributed by atoms with van der Waals surface area (Å²) in [6.45, 7) is 1.48. The van der Waals surface area contributed by atoms with Gasteiger partial charge < -0.3 is 10.6 Å². The number of carbonyl (C=O) groups is 2. The van der Waals surface area contributed by atoms with E-state index in [2.05, 4.69) is 10.6 Å². The van der Waals surface area contributed by atoms with Crippen molar-refractivity contribution >= 4 is 23.2 Å². The van der Waals surface area contributed by atoms with Crippen molar-refractivity contribution in [3.8, 4) is 0 Å². The second-order valence-corrected chi connectivity index (χ2v) is 5.89. The van der Waals surface area contributed by atoms with Crippen LogP contribution in [-0.4, -0.2) is 11.8 Å². The summed E-state index contributed by atoms with van der Waals surface area (Å²) in [5.74, 6) is 1.55. The third-order valence-electron chi connectivity index (χ3n) is 4.43. The first-order chi connectivity index (χ1) is 9.65. The number of hydrogen-bond donors (Lipinski definition) is 2. The molecule has 0 radical (unpaired) electrons. The van der Waals surface area contributed by atoms with E-state index < -0.39 is 0 Å². The number of anilines is 2. The largest absolute Gasteiger partial charge is 0.326 e. The van der Waals surface area contributed by atoms with Crippen molar-refractivity contribution in [1.29, 1.82) is 0 Å². The van der Waals surface area contributed by atoms with Crippen LogP contribution in [-0.2, 0) is 9.59 Å². The zero-order chi connectivity index (χ0) is 14.1. The van der Waals surface area contributed by atoms with Gasteiger partial charge in [0.1, 0.15) is 0 Å². The van der Waals surface area contributed by atoms with Crippen molar-refractivity contribution < 1.29 is 9.59 Å². The van der Waals surface area contributed by atoms with Gasteiger partial charge in [-0.3, -0.25) is 9.59 Å². The van der Waals surface area contributed by atoms with Gasteiger partial charge in [-0.15, -0.1) is 0 Å². The smallest absolute Gasteiger partial charge is 0.228 e.